The van der Waals surface area contributed by atoms with Crippen LogP contribution in [-0.2, 0) is 0 Å². The molecule has 2 nitrogen and oxygen atoms in total. The Kier molecular flexibility index (Phi) is 6.90. The van der Waals surface area contributed by atoms with E-state index < -0.39 is 0 Å². The van der Waals surface area contributed by atoms with Crippen LogP contribution in [0.1, 0.15) is 0 Å². The Morgan fingerprint density at radius 3 is 1.04 bits per heavy atom. The Labute approximate surface area is 301 Å². The lowest BCUT2D eigenvalue weighted by Gasteiger charge is -2.11. The molecule has 0 saturated heterocycles. The maximum Gasteiger partial charge on any atom is 0.0541 e. The van der Waals surface area contributed by atoms with Gasteiger partial charge in [-0.3, -0.25) is 0 Å². The molecule has 51 heavy (non-hydrogen) atoms. The van der Waals surface area contributed by atoms with Gasteiger partial charge in [0.05, 0.1) is 22.1 Å². The molecule has 0 aliphatic rings. The molecule has 2 aromatic heterocycles. The predicted molar refractivity (Wildman–Crippen MR) is 216 cm³/mol. The Balaban J connectivity index is 0.984. The number of fused-ring (bicyclic) bond motifs is 6. The second-order valence-electron chi connectivity index (χ2n) is 13.1. The van der Waals surface area contributed by atoms with Crippen LogP contribution >= 0.6 is 11.6 Å². The molecule has 0 fully saturated rings. The normalized spacial score (nSPS) is 11.6. The first-order valence-corrected chi connectivity index (χ1v) is 17.7. The topological polar surface area (TPSA) is 9.86 Å². The Hall–Kier alpha value is -6.35. The largest absolute Gasteiger partial charge is 0.309 e. The van der Waals surface area contributed by atoms with Crippen LogP contribution in [0.2, 0.25) is 5.02 Å². The summed E-state index contributed by atoms with van der Waals surface area (Å²) >= 11 is 6.11. The van der Waals surface area contributed by atoms with Crippen LogP contribution in [0.15, 0.2) is 188 Å². The lowest BCUT2D eigenvalue weighted by Crippen LogP contribution is -1.94. The van der Waals surface area contributed by atoms with Gasteiger partial charge in [0.25, 0.3) is 0 Å². The molecule has 10 rings (SSSR count). The molecule has 0 N–H and O–H groups in total. The minimum atomic E-state index is 0.750. The van der Waals surface area contributed by atoms with Gasteiger partial charge in [-0.05, 0) is 100 Å². The first-order valence-electron chi connectivity index (χ1n) is 17.3. The number of benzene rings is 8. The number of para-hydroxylation sites is 3. The van der Waals surface area contributed by atoms with E-state index in [0.717, 1.165) is 22.0 Å². The van der Waals surface area contributed by atoms with Gasteiger partial charge in [-0.25, -0.2) is 0 Å². The average molecular weight is 671 g/mol. The van der Waals surface area contributed by atoms with Crippen molar-refractivity contribution in [2.45, 2.75) is 0 Å². The Morgan fingerprint density at radius 1 is 0.275 bits per heavy atom. The molecule has 0 unspecified atom stereocenters. The van der Waals surface area contributed by atoms with Crippen molar-refractivity contribution in [2.24, 2.45) is 0 Å². The molecular formula is C48H31ClN2. The number of halogens is 1. The van der Waals surface area contributed by atoms with Crippen LogP contribution in [-0.4, -0.2) is 9.13 Å². The van der Waals surface area contributed by atoms with E-state index in [-0.39, 0.29) is 0 Å². The summed E-state index contributed by atoms with van der Waals surface area (Å²) in [7, 11) is 0. The van der Waals surface area contributed by atoms with Gasteiger partial charge in [0, 0.05) is 37.9 Å². The van der Waals surface area contributed by atoms with Gasteiger partial charge < -0.3 is 9.13 Å². The van der Waals surface area contributed by atoms with Crippen molar-refractivity contribution in [1.29, 1.82) is 0 Å². The van der Waals surface area contributed by atoms with E-state index in [1.165, 1.54) is 71.4 Å². The Bertz CT molecular complexity index is 2820. The zero-order valence-corrected chi connectivity index (χ0v) is 28.4. The standard InChI is InChI=1S/C48H31ClN2/c49-38-24-17-33(18-25-38)32-13-15-36(16-14-32)37-23-30-48-44(31-37)43-9-3-6-12-47(43)51(48)40-28-21-35(22-29-40)34-19-26-39(27-20-34)50-45-10-4-1-7-41(45)42-8-2-5-11-46(42)50/h1-31H. The highest BCUT2D eigenvalue weighted by Gasteiger charge is 2.15. The van der Waals surface area contributed by atoms with E-state index in [4.69, 9.17) is 11.6 Å². The molecular weight excluding hydrogens is 640 g/mol. The number of hydrogen-bond acceptors (Lipinski definition) is 0. The molecule has 0 aliphatic carbocycles. The van der Waals surface area contributed by atoms with Crippen LogP contribution in [0.4, 0.5) is 0 Å². The highest BCUT2D eigenvalue weighted by Crippen LogP contribution is 2.37. The minimum Gasteiger partial charge on any atom is -0.309 e. The SMILES string of the molecule is Clc1ccc(-c2ccc(-c3ccc4c(c3)c3ccccc3n4-c3ccc(-c4ccc(-n5c6ccccc6c6ccccc65)cc4)cc3)cc2)cc1. The van der Waals surface area contributed by atoms with Crippen LogP contribution in [0.25, 0.3) is 88.4 Å². The van der Waals surface area contributed by atoms with Crippen molar-refractivity contribution in [3.8, 4) is 44.8 Å². The van der Waals surface area contributed by atoms with E-state index in [2.05, 4.69) is 185 Å². The zero-order chi connectivity index (χ0) is 33.9. The fourth-order valence-electron chi connectivity index (χ4n) is 7.73. The number of aromatic nitrogens is 2. The summed E-state index contributed by atoms with van der Waals surface area (Å²) < 4.78 is 4.74. The van der Waals surface area contributed by atoms with Gasteiger partial charge in [0.15, 0.2) is 0 Å². The van der Waals surface area contributed by atoms with Crippen molar-refractivity contribution in [3.63, 3.8) is 0 Å². The average Bonchev–Trinajstić information content (AvgIpc) is 3.71. The van der Waals surface area contributed by atoms with Crippen molar-refractivity contribution in [1.82, 2.24) is 9.13 Å². The van der Waals surface area contributed by atoms with E-state index in [1.54, 1.807) is 0 Å². The van der Waals surface area contributed by atoms with Crippen LogP contribution < -0.4 is 0 Å². The van der Waals surface area contributed by atoms with Gasteiger partial charge in [0.1, 0.15) is 0 Å². The minimum absolute atomic E-state index is 0.750. The van der Waals surface area contributed by atoms with Crippen LogP contribution in [0.3, 0.4) is 0 Å². The lowest BCUT2D eigenvalue weighted by molar-refractivity contribution is 1.18. The highest BCUT2D eigenvalue weighted by atomic mass is 35.5. The molecule has 0 aliphatic heterocycles. The first kappa shape index (κ1) is 29.6. The summed E-state index contributed by atoms with van der Waals surface area (Å²) in [4.78, 5) is 0. The van der Waals surface area contributed by atoms with Crippen molar-refractivity contribution >= 4 is 55.2 Å². The van der Waals surface area contributed by atoms with Gasteiger partial charge in [-0.1, -0.05) is 133 Å². The van der Waals surface area contributed by atoms with Gasteiger partial charge in [-0.2, -0.15) is 0 Å². The Morgan fingerprint density at radius 2 is 0.588 bits per heavy atom. The van der Waals surface area contributed by atoms with Crippen molar-refractivity contribution in [2.75, 3.05) is 0 Å². The van der Waals surface area contributed by atoms with Gasteiger partial charge >= 0.3 is 0 Å². The van der Waals surface area contributed by atoms with E-state index in [1.807, 2.05) is 12.1 Å². The monoisotopic (exact) mass is 670 g/mol. The molecule has 0 atom stereocenters. The van der Waals surface area contributed by atoms with Gasteiger partial charge in [-0.15, -0.1) is 0 Å². The van der Waals surface area contributed by atoms with Crippen molar-refractivity contribution < 1.29 is 0 Å². The summed E-state index contributed by atoms with van der Waals surface area (Å²) in [6.07, 6.45) is 0. The molecule has 240 valence electrons. The zero-order valence-electron chi connectivity index (χ0n) is 27.7. The van der Waals surface area contributed by atoms with Crippen LogP contribution in [0.5, 0.6) is 0 Å². The molecule has 0 radical (unpaired) electrons. The molecule has 0 amide bonds. The summed E-state index contributed by atoms with van der Waals surface area (Å²) in [5.41, 5.74) is 14.3. The number of rotatable bonds is 5. The third-order valence-electron chi connectivity index (χ3n) is 10.2. The van der Waals surface area contributed by atoms with Crippen LogP contribution in [0, 0.1) is 0 Å². The van der Waals surface area contributed by atoms with E-state index in [9.17, 15) is 0 Å². The molecule has 3 heteroatoms. The quantitative estimate of drug-likeness (QED) is 0.172. The smallest absolute Gasteiger partial charge is 0.0541 e. The molecule has 0 saturated carbocycles. The predicted octanol–water partition coefficient (Wildman–Crippen LogP) is 13.5. The number of hydrogen-bond donors (Lipinski definition) is 0. The van der Waals surface area contributed by atoms with Gasteiger partial charge in [0.2, 0.25) is 0 Å². The fraction of sp³-hybridized carbons (Fsp3) is 0. The van der Waals surface area contributed by atoms with Crippen molar-refractivity contribution in [3.05, 3.63) is 193 Å². The molecule has 2 heterocycles. The lowest BCUT2D eigenvalue weighted by atomic mass is 9.99. The summed E-state index contributed by atoms with van der Waals surface area (Å²) in [5, 5.41) is 5.79. The third kappa shape index (κ3) is 4.95. The van der Waals surface area contributed by atoms with E-state index in [0.29, 0.717) is 0 Å². The second-order valence-corrected chi connectivity index (χ2v) is 13.6. The summed E-state index contributed by atoms with van der Waals surface area (Å²) in [6.45, 7) is 0. The highest BCUT2D eigenvalue weighted by molar-refractivity contribution is 6.30. The molecule has 10 aromatic rings. The first-order chi connectivity index (χ1) is 25.2. The summed E-state index contributed by atoms with van der Waals surface area (Å²) in [6, 6.07) is 67.5. The maximum absolute atomic E-state index is 6.11. The number of nitrogens with zero attached hydrogens (tertiary/aromatic N) is 2. The summed E-state index contributed by atoms with van der Waals surface area (Å²) in [5.74, 6) is 0. The molecule has 0 bridgehead atoms. The van der Waals surface area contributed by atoms with E-state index >= 15 is 0 Å². The third-order valence-corrected chi connectivity index (χ3v) is 10.5. The molecule has 0 spiro atoms. The molecule has 8 aromatic carbocycles. The second kappa shape index (κ2) is 11.9. The maximum atomic E-state index is 6.11. The fourth-order valence-corrected chi connectivity index (χ4v) is 7.86.